The van der Waals surface area contributed by atoms with Gasteiger partial charge in [-0.2, -0.15) is 4.31 Å². The smallest absolute Gasteiger partial charge is 0.243 e. The second-order valence-corrected chi connectivity index (χ2v) is 9.10. The maximum absolute atomic E-state index is 13.1. The van der Waals surface area contributed by atoms with Gasteiger partial charge in [0.15, 0.2) is 0 Å². The summed E-state index contributed by atoms with van der Waals surface area (Å²) in [5.41, 5.74) is 0. The molecule has 0 unspecified atom stereocenters. The van der Waals surface area contributed by atoms with Crippen molar-refractivity contribution in [1.82, 2.24) is 14.9 Å². The van der Waals surface area contributed by atoms with Crippen LogP contribution >= 0.6 is 0 Å². The molecule has 8 nitrogen and oxygen atoms in total. The predicted octanol–water partition coefficient (Wildman–Crippen LogP) is 1.64. The normalized spacial score (nSPS) is 16.7. The number of nitrogens with one attached hydrogen (secondary N) is 2. The SMILES string of the molecule is C[C@@H](NC(=O)C1CCN(S(=O)(=O)c2ccc(F)cc2)CC1)C(=O)NCc1ccco1. The van der Waals surface area contributed by atoms with Crippen molar-refractivity contribution < 1.29 is 26.8 Å². The second kappa shape index (κ2) is 9.40. The zero-order valence-electron chi connectivity index (χ0n) is 16.5. The zero-order chi connectivity index (χ0) is 21.7. The Kier molecular flexibility index (Phi) is 6.88. The molecule has 1 aromatic carbocycles. The Labute approximate surface area is 174 Å². The number of hydrogen-bond donors (Lipinski definition) is 2. The quantitative estimate of drug-likeness (QED) is 0.685. The maximum Gasteiger partial charge on any atom is 0.243 e. The minimum Gasteiger partial charge on any atom is -0.467 e. The van der Waals surface area contributed by atoms with E-state index in [1.165, 1.54) is 22.7 Å². The molecule has 0 spiro atoms. The van der Waals surface area contributed by atoms with Crippen LogP contribution in [-0.2, 0) is 26.2 Å². The molecule has 1 saturated heterocycles. The maximum atomic E-state index is 13.1. The van der Waals surface area contributed by atoms with Crippen molar-refractivity contribution in [2.75, 3.05) is 13.1 Å². The zero-order valence-corrected chi connectivity index (χ0v) is 17.3. The fourth-order valence-electron chi connectivity index (χ4n) is 3.25. The van der Waals surface area contributed by atoms with Gasteiger partial charge in [0.05, 0.1) is 17.7 Å². The molecule has 2 aromatic rings. The third-order valence-electron chi connectivity index (χ3n) is 5.05. The van der Waals surface area contributed by atoms with Crippen LogP contribution in [0.1, 0.15) is 25.5 Å². The highest BCUT2D eigenvalue weighted by atomic mass is 32.2. The van der Waals surface area contributed by atoms with Gasteiger partial charge >= 0.3 is 0 Å². The number of benzene rings is 1. The monoisotopic (exact) mass is 437 g/mol. The fourth-order valence-corrected chi connectivity index (χ4v) is 4.72. The minimum absolute atomic E-state index is 0.0219. The third kappa shape index (κ3) is 5.25. The largest absolute Gasteiger partial charge is 0.467 e. The van der Waals surface area contributed by atoms with Gasteiger partial charge in [-0.05, 0) is 56.2 Å². The molecular formula is C20H24FN3O5S. The first-order chi connectivity index (χ1) is 14.3. The lowest BCUT2D eigenvalue weighted by Gasteiger charge is -2.31. The van der Waals surface area contributed by atoms with Crippen LogP contribution in [0.15, 0.2) is 52.0 Å². The number of piperidine rings is 1. The number of halogens is 1. The van der Waals surface area contributed by atoms with E-state index in [9.17, 15) is 22.4 Å². The molecular weight excluding hydrogens is 413 g/mol. The summed E-state index contributed by atoms with van der Waals surface area (Å²) in [6.45, 7) is 2.17. The fraction of sp³-hybridized carbons (Fsp3) is 0.400. The Morgan fingerprint density at radius 3 is 2.47 bits per heavy atom. The molecule has 1 atom stereocenters. The highest BCUT2D eigenvalue weighted by Crippen LogP contribution is 2.24. The highest BCUT2D eigenvalue weighted by Gasteiger charge is 2.32. The molecule has 0 bridgehead atoms. The summed E-state index contributed by atoms with van der Waals surface area (Å²) in [6.07, 6.45) is 2.19. The highest BCUT2D eigenvalue weighted by molar-refractivity contribution is 7.89. The van der Waals surface area contributed by atoms with Crippen molar-refractivity contribution in [2.45, 2.75) is 37.2 Å². The van der Waals surface area contributed by atoms with Gasteiger partial charge in [0.25, 0.3) is 0 Å². The molecule has 2 amide bonds. The lowest BCUT2D eigenvalue weighted by Crippen LogP contribution is -2.49. The molecule has 0 saturated carbocycles. The molecule has 2 heterocycles. The van der Waals surface area contributed by atoms with E-state index in [1.807, 2.05) is 0 Å². The van der Waals surface area contributed by atoms with Crippen LogP contribution in [0.5, 0.6) is 0 Å². The van der Waals surface area contributed by atoms with E-state index in [-0.39, 0.29) is 42.3 Å². The summed E-state index contributed by atoms with van der Waals surface area (Å²) >= 11 is 0. The van der Waals surface area contributed by atoms with Crippen LogP contribution in [-0.4, -0.2) is 43.7 Å². The summed E-state index contributed by atoms with van der Waals surface area (Å²) in [4.78, 5) is 24.7. The standard InChI is InChI=1S/C20H24FN3O5S/c1-14(19(25)22-13-17-3-2-12-29-17)23-20(26)15-8-10-24(11-9-15)30(27,28)18-6-4-16(21)5-7-18/h2-7,12,14-15H,8-11,13H2,1H3,(H,22,25)(H,23,26)/t14-/m1/s1. The van der Waals surface area contributed by atoms with Gasteiger partial charge in [-0.15, -0.1) is 0 Å². The van der Waals surface area contributed by atoms with E-state index < -0.39 is 21.9 Å². The van der Waals surface area contributed by atoms with Crippen LogP contribution in [0.4, 0.5) is 4.39 Å². The van der Waals surface area contributed by atoms with Crippen molar-refractivity contribution in [2.24, 2.45) is 5.92 Å². The molecule has 10 heteroatoms. The summed E-state index contributed by atoms with van der Waals surface area (Å²) < 4.78 is 44.8. The number of carbonyl (C=O) groups excluding carboxylic acids is 2. The molecule has 3 rings (SSSR count). The molecule has 30 heavy (non-hydrogen) atoms. The van der Waals surface area contributed by atoms with Crippen molar-refractivity contribution in [3.8, 4) is 0 Å². The third-order valence-corrected chi connectivity index (χ3v) is 6.96. The number of rotatable bonds is 7. The van der Waals surface area contributed by atoms with Crippen LogP contribution < -0.4 is 10.6 Å². The summed E-state index contributed by atoms with van der Waals surface area (Å²) in [5, 5.41) is 5.36. The first kappa shape index (κ1) is 22.0. The van der Waals surface area contributed by atoms with Gasteiger partial charge in [-0.1, -0.05) is 0 Å². The Balaban J connectivity index is 1.48. The van der Waals surface area contributed by atoms with E-state index in [4.69, 9.17) is 4.42 Å². The lowest BCUT2D eigenvalue weighted by molar-refractivity contribution is -0.131. The van der Waals surface area contributed by atoms with Crippen molar-refractivity contribution in [3.63, 3.8) is 0 Å². The van der Waals surface area contributed by atoms with E-state index in [0.717, 1.165) is 12.1 Å². The summed E-state index contributed by atoms with van der Waals surface area (Å²) in [7, 11) is -3.73. The number of carbonyl (C=O) groups is 2. The molecule has 1 aliphatic heterocycles. The average molecular weight is 437 g/mol. The first-order valence-electron chi connectivity index (χ1n) is 9.63. The van der Waals surface area contributed by atoms with Crippen molar-refractivity contribution in [1.29, 1.82) is 0 Å². The number of amides is 2. The van der Waals surface area contributed by atoms with E-state index in [2.05, 4.69) is 10.6 Å². The van der Waals surface area contributed by atoms with E-state index >= 15 is 0 Å². The Hall–Kier alpha value is -2.72. The van der Waals surface area contributed by atoms with Crippen LogP contribution in [0, 0.1) is 11.7 Å². The van der Waals surface area contributed by atoms with Crippen LogP contribution in [0.25, 0.3) is 0 Å². The molecule has 162 valence electrons. The topological polar surface area (TPSA) is 109 Å². The Morgan fingerprint density at radius 1 is 1.20 bits per heavy atom. The first-order valence-corrected chi connectivity index (χ1v) is 11.1. The van der Waals surface area contributed by atoms with Gasteiger partial charge in [0, 0.05) is 19.0 Å². The Bertz CT molecular complexity index is 968. The summed E-state index contributed by atoms with van der Waals surface area (Å²) in [6, 6.07) is 7.39. The van der Waals surface area contributed by atoms with Gasteiger partial charge in [0.2, 0.25) is 21.8 Å². The van der Waals surface area contributed by atoms with Crippen LogP contribution in [0.3, 0.4) is 0 Å². The second-order valence-electron chi connectivity index (χ2n) is 7.16. The van der Waals surface area contributed by atoms with Gasteiger partial charge < -0.3 is 15.1 Å². The van der Waals surface area contributed by atoms with Crippen molar-refractivity contribution in [3.05, 3.63) is 54.2 Å². The predicted molar refractivity (Wildman–Crippen MR) is 106 cm³/mol. The molecule has 0 radical (unpaired) electrons. The lowest BCUT2D eigenvalue weighted by atomic mass is 9.97. The average Bonchev–Trinajstić information content (AvgIpc) is 3.26. The minimum atomic E-state index is -3.73. The molecule has 1 aliphatic rings. The number of furan rings is 1. The number of hydrogen-bond acceptors (Lipinski definition) is 5. The summed E-state index contributed by atoms with van der Waals surface area (Å²) in [5.74, 6) is -0.904. The van der Waals surface area contributed by atoms with Gasteiger partial charge in [-0.25, -0.2) is 12.8 Å². The van der Waals surface area contributed by atoms with Crippen molar-refractivity contribution >= 4 is 21.8 Å². The van der Waals surface area contributed by atoms with E-state index in [0.29, 0.717) is 18.6 Å². The van der Waals surface area contributed by atoms with Crippen LogP contribution in [0.2, 0.25) is 0 Å². The number of sulfonamides is 1. The number of nitrogens with zero attached hydrogens (tertiary/aromatic N) is 1. The molecule has 1 aromatic heterocycles. The molecule has 0 aliphatic carbocycles. The van der Waals surface area contributed by atoms with E-state index in [1.54, 1.807) is 19.1 Å². The van der Waals surface area contributed by atoms with Gasteiger partial charge in [0.1, 0.15) is 17.6 Å². The Morgan fingerprint density at radius 2 is 1.87 bits per heavy atom. The molecule has 2 N–H and O–H groups in total. The molecule has 1 fully saturated rings. The van der Waals surface area contributed by atoms with Gasteiger partial charge in [-0.3, -0.25) is 9.59 Å².